The van der Waals surface area contributed by atoms with Crippen LogP contribution in [0.3, 0.4) is 0 Å². The van der Waals surface area contributed by atoms with Crippen LogP contribution >= 0.6 is 0 Å². The van der Waals surface area contributed by atoms with Gasteiger partial charge in [0.05, 0.1) is 25.2 Å². The Balaban J connectivity index is 3.14. The number of alkyl halides is 3. The van der Waals surface area contributed by atoms with Crippen LogP contribution in [0.1, 0.15) is 34.0 Å². The molecule has 1 rings (SSSR count). The van der Waals surface area contributed by atoms with E-state index in [-0.39, 0.29) is 11.8 Å². The molecule has 0 bridgehead atoms. The average Bonchev–Trinajstić information content (AvgIpc) is 2.44. The minimum absolute atomic E-state index is 0.209. The van der Waals surface area contributed by atoms with Crippen LogP contribution < -0.4 is 0 Å². The maximum Gasteiger partial charge on any atom is 0.416 e. The van der Waals surface area contributed by atoms with Crippen molar-refractivity contribution in [2.24, 2.45) is 0 Å². The first-order valence-corrected chi connectivity index (χ1v) is 5.80. The molecule has 8 heteroatoms. The predicted molar refractivity (Wildman–Crippen MR) is 64.4 cm³/mol. The molecule has 0 aromatic heterocycles. The molecule has 2 atom stereocenters. The molecule has 5 nitrogen and oxygen atoms in total. The van der Waals surface area contributed by atoms with Crippen molar-refractivity contribution < 1.29 is 37.7 Å². The smallest absolute Gasteiger partial charge is 0.416 e. The van der Waals surface area contributed by atoms with Crippen molar-refractivity contribution >= 4 is 12.3 Å². The predicted octanol–water partition coefficient (Wildman–Crippen LogP) is 1.48. The monoisotopic (exact) mass is 306 g/mol. The Morgan fingerprint density at radius 1 is 1.38 bits per heavy atom. The van der Waals surface area contributed by atoms with Gasteiger partial charge in [0.15, 0.2) is 0 Å². The van der Waals surface area contributed by atoms with Gasteiger partial charge in [0, 0.05) is 5.56 Å². The average molecular weight is 306 g/mol. The van der Waals surface area contributed by atoms with E-state index in [2.05, 4.69) is 4.74 Å². The Kier molecular flexibility index (Phi) is 5.45. The van der Waals surface area contributed by atoms with Gasteiger partial charge in [0.2, 0.25) is 0 Å². The molecular weight excluding hydrogens is 293 g/mol. The summed E-state index contributed by atoms with van der Waals surface area (Å²) in [5.74, 6) is -0.846. The first-order chi connectivity index (χ1) is 9.70. The molecule has 21 heavy (non-hydrogen) atoms. The summed E-state index contributed by atoms with van der Waals surface area (Å²) in [6.07, 6.45) is -8.55. The molecule has 0 aliphatic heterocycles. The Hall–Kier alpha value is -1.93. The van der Waals surface area contributed by atoms with Crippen molar-refractivity contribution in [2.45, 2.75) is 24.8 Å². The van der Waals surface area contributed by atoms with Gasteiger partial charge < -0.3 is 14.9 Å². The van der Waals surface area contributed by atoms with Gasteiger partial charge in [-0.15, -0.1) is 0 Å². The Morgan fingerprint density at radius 3 is 2.48 bits per heavy atom. The summed E-state index contributed by atoms with van der Waals surface area (Å²) in [5.41, 5.74) is -1.69. The number of rotatable bonds is 5. The molecule has 0 heterocycles. The number of carbonyl (C=O) groups excluding carboxylic acids is 2. The highest BCUT2D eigenvalue weighted by Gasteiger charge is 2.33. The van der Waals surface area contributed by atoms with Crippen LogP contribution in [0.4, 0.5) is 13.2 Å². The van der Waals surface area contributed by atoms with Gasteiger partial charge >= 0.3 is 12.1 Å². The largest absolute Gasteiger partial charge is 0.469 e. The summed E-state index contributed by atoms with van der Waals surface area (Å²) in [5, 5.41) is 19.5. The molecule has 1 aromatic rings. The molecule has 0 radical (unpaired) electrons. The van der Waals surface area contributed by atoms with Gasteiger partial charge in [0.1, 0.15) is 12.4 Å². The fourth-order valence-corrected chi connectivity index (χ4v) is 1.69. The van der Waals surface area contributed by atoms with Crippen LogP contribution in [0.5, 0.6) is 0 Å². The standard InChI is InChI=1S/C13H13F3O5/c1-21-11(19)5-10(18)12(20)9-4-8(13(14,15)16)3-2-7(9)6-17/h2-4,6,10,12,18,20H,5H2,1H3. The van der Waals surface area contributed by atoms with E-state index in [0.29, 0.717) is 12.1 Å². The molecule has 0 saturated heterocycles. The highest BCUT2D eigenvalue weighted by atomic mass is 19.4. The zero-order valence-corrected chi connectivity index (χ0v) is 10.9. The van der Waals surface area contributed by atoms with Crippen molar-refractivity contribution in [2.75, 3.05) is 7.11 Å². The van der Waals surface area contributed by atoms with Crippen LogP contribution in [-0.4, -0.2) is 35.7 Å². The Labute approximate surface area is 118 Å². The molecule has 0 fully saturated rings. The van der Waals surface area contributed by atoms with Crippen LogP contribution in [0.25, 0.3) is 0 Å². The van der Waals surface area contributed by atoms with Crippen molar-refractivity contribution in [1.82, 2.24) is 0 Å². The number of benzene rings is 1. The van der Waals surface area contributed by atoms with E-state index in [0.717, 1.165) is 13.2 Å². The van der Waals surface area contributed by atoms with Gasteiger partial charge in [-0.05, 0) is 17.7 Å². The number of ether oxygens (including phenoxy) is 1. The number of hydrogen-bond donors (Lipinski definition) is 2. The Morgan fingerprint density at radius 2 is 2.00 bits per heavy atom. The van der Waals surface area contributed by atoms with Gasteiger partial charge in [-0.1, -0.05) is 6.07 Å². The number of aliphatic hydroxyl groups excluding tert-OH is 2. The fraction of sp³-hybridized carbons (Fsp3) is 0.385. The fourth-order valence-electron chi connectivity index (χ4n) is 1.69. The molecule has 1 aromatic carbocycles. The molecular formula is C13H13F3O5. The van der Waals surface area contributed by atoms with Crippen molar-refractivity contribution in [1.29, 1.82) is 0 Å². The molecule has 2 N–H and O–H groups in total. The first-order valence-electron chi connectivity index (χ1n) is 5.80. The summed E-state index contributed by atoms with van der Waals surface area (Å²) in [6, 6.07) is 2.14. The molecule has 0 aliphatic rings. The first kappa shape index (κ1) is 17.1. The topological polar surface area (TPSA) is 83.8 Å². The Bertz CT molecular complexity index is 527. The zero-order valence-electron chi connectivity index (χ0n) is 10.9. The molecule has 0 saturated carbocycles. The lowest BCUT2D eigenvalue weighted by atomic mass is 9.95. The van der Waals surface area contributed by atoms with Gasteiger partial charge in [-0.25, -0.2) is 0 Å². The number of aliphatic hydroxyl groups is 2. The van der Waals surface area contributed by atoms with E-state index < -0.39 is 41.9 Å². The summed E-state index contributed by atoms with van der Waals surface area (Å²) < 4.78 is 42.2. The van der Waals surface area contributed by atoms with Crippen molar-refractivity contribution in [3.8, 4) is 0 Å². The van der Waals surface area contributed by atoms with E-state index in [1.807, 2.05) is 0 Å². The second kappa shape index (κ2) is 6.68. The third-order valence-corrected chi connectivity index (χ3v) is 2.83. The van der Waals surface area contributed by atoms with E-state index >= 15 is 0 Å². The molecule has 116 valence electrons. The summed E-state index contributed by atoms with van der Waals surface area (Å²) in [7, 11) is 1.06. The molecule has 0 aliphatic carbocycles. The number of aldehydes is 1. The lowest BCUT2D eigenvalue weighted by Crippen LogP contribution is -2.24. The summed E-state index contributed by atoms with van der Waals surface area (Å²) in [6.45, 7) is 0. The van der Waals surface area contributed by atoms with Crippen LogP contribution in [-0.2, 0) is 15.7 Å². The minimum Gasteiger partial charge on any atom is -0.469 e. The van der Waals surface area contributed by atoms with Crippen LogP contribution in [0.15, 0.2) is 18.2 Å². The molecule has 0 spiro atoms. The second-order valence-electron chi connectivity index (χ2n) is 4.25. The lowest BCUT2D eigenvalue weighted by Gasteiger charge is -2.20. The number of esters is 1. The van der Waals surface area contributed by atoms with Crippen molar-refractivity contribution in [3.63, 3.8) is 0 Å². The highest BCUT2D eigenvalue weighted by molar-refractivity contribution is 5.78. The lowest BCUT2D eigenvalue weighted by molar-refractivity contribution is -0.145. The minimum atomic E-state index is -4.66. The number of methoxy groups -OCH3 is 1. The number of halogens is 3. The molecule has 2 unspecified atom stereocenters. The van der Waals surface area contributed by atoms with Crippen molar-refractivity contribution in [3.05, 3.63) is 34.9 Å². The number of hydrogen-bond acceptors (Lipinski definition) is 5. The maximum absolute atomic E-state index is 12.6. The zero-order chi connectivity index (χ0) is 16.2. The highest BCUT2D eigenvalue weighted by Crippen LogP contribution is 2.33. The molecule has 0 amide bonds. The quantitative estimate of drug-likeness (QED) is 0.636. The second-order valence-corrected chi connectivity index (χ2v) is 4.25. The number of carbonyl (C=O) groups is 2. The third-order valence-electron chi connectivity index (χ3n) is 2.83. The summed E-state index contributed by atoms with van der Waals surface area (Å²) in [4.78, 5) is 21.8. The van der Waals surface area contributed by atoms with E-state index in [1.165, 1.54) is 0 Å². The van der Waals surface area contributed by atoms with E-state index in [4.69, 9.17) is 0 Å². The third kappa shape index (κ3) is 4.27. The van der Waals surface area contributed by atoms with Gasteiger partial charge in [-0.3, -0.25) is 9.59 Å². The van der Waals surface area contributed by atoms with E-state index in [9.17, 15) is 33.0 Å². The van der Waals surface area contributed by atoms with Crippen LogP contribution in [0, 0.1) is 0 Å². The van der Waals surface area contributed by atoms with Gasteiger partial charge in [0.25, 0.3) is 0 Å². The maximum atomic E-state index is 12.6. The SMILES string of the molecule is COC(=O)CC(O)C(O)c1cc(C(F)(F)F)ccc1C=O. The normalized spacial score (nSPS) is 14.4. The van der Waals surface area contributed by atoms with E-state index in [1.54, 1.807) is 0 Å². The van der Waals surface area contributed by atoms with Gasteiger partial charge in [-0.2, -0.15) is 13.2 Å². The van der Waals surface area contributed by atoms with Crippen LogP contribution in [0.2, 0.25) is 0 Å². The summed E-state index contributed by atoms with van der Waals surface area (Å²) >= 11 is 0.